The predicted octanol–water partition coefficient (Wildman–Crippen LogP) is 2.19. The molecular weight excluding hydrogens is 304 g/mol. The monoisotopic (exact) mass is 330 g/mol. The fraction of sp³-hybridized carbons (Fsp3) is 0.579. The molecular formula is C19H26N2O3. The van der Waals surface area contributed by atoms with Crippen LogP contribution in [0.4, 0.5) is 0 Å². The molecule has 1 fully saturated rings. The number of amides is 1. The van der Waals surface area contributed by atoms with Crippen molar-refractivity contribution in [3.8, 4) is 0 Å². The van der Waals surface area contributed by atoms with Gasteiger partial charge in [-0.25, -0.2) is 0 Å². The molecule has 3 rings (SSSR count). The first kappa shape index (κ1) is 17.0. The summed E-state index contributed by atoms with van der Waals surface area (Å²) in [7, 11) is 0. The quantitative estimate of drug-likeness (QED) is 0.888. The molecule has 1 saturated carbocycles. The molecule has 1 aliphatic heterocycles. The van der Waals surface area contributed by atoms with Crippen molar-refractivity contribution in [1.29, 1.82) is 0 Å². The smallest absolute Gasteiger partial charge is 0.306 e. The van der Waals surface area contributed by atoms with E-state index in [1.54, 1.807) is 0 Å². The fourth-order valence-electron chi connectivity index (χ4n) is 3.95. The lowest BCUT2D eigenvalue weighted by Crippen LogP contribution is -2.52. The van der Waals surface area contributed by atoms with Crippen molar-refractivity contribution in [2.45, 2.75) is 57.7 Å². The Kier molecular flexibility index (Phi) is 5.19. The molecule has 0 aromatic heterocycles. The molecule has 24 heavy (non-hydrogen) atoms. The minimum atomic E-state index is -0.708. The molecule has 0 saturated heterocycles. The Balaban J connectivity index is 1.61. The third-order valence-corrected chi connectivity index (χ3v) is 5.48. The molecule has 130 valence electrons. The minimum absolute atomic E-state index is 0.0881. The topological polar surface area (TPSA) is 69.6 Å². The number of rotatable bonds is 4. The normalized spacial score (nSPS) is 27.3. The lowest BCUT2D eigenvalue weighted by atomic mass is 9.85. The van der Waals surface area contributed by atoms with Crippen LogP contribution in [-0.2, 0) is 22.6 Å². The average molecular weight is 330 g/mol. The number of aliphatic carboxylic acids is 1. The van der Waals surface area contributed by atoms with Crippen molar-refractivity contribution in [2.24, 2.45) is 5.92 Å². The number of fused-ring (bicyclic) bond motifs is 1. The summed E-state index contributed by atoms with van der Waals surface area (Å²) in [5.74, 6) is -0.863. The maximum Gasteiger partial charge on any atom is 0.306 e. The summed E-state index contributed by atoms with van der Waals surface area (Å²) < 4.78 is 0. The number of nitrogens with one attached hydrogen (secondary N) is 1. The molecule has 1 heterocycles. The second-order valence-corrected chi connectivity index (χ2v) is 6.95. The van der Waals surface area contributed by atoms with Crippen molar-refractivity contribution < 1.29 is 14.7 Å². The van der Waals surface area contributed by atoms with Gasteiger partial charge in [-0.2, -0.15) is 0 Å². The van der Waals surface area contributed by atoms with E-state index in [1.807, 2.05) is 12.1 Å². The van der Waals surface area contributed by atoms with E-state index in [-0.39, 0.29) is 23.9 Å². The van der Waals surface area contributed by atoms with Gasteiger partial charge in [-0.15, -0.1) is 0 Å². The van der Waals surface area contributed by atoms with Gasteiger partial charge in [0.05, 0.1) is 12.0 Å². The van der Waals surface area contributed by atoms with Gasteiger partial charge in [-0.05, 0) is 49.8 Å². The molecule has 0 radical (unpaired) electrons. The highest BCUT2D eigenvalue weighted by Gasteiger charge is 2.33. The summed E-state index contributed by atoms with van der Waals surface area (Å²) in [6.45, 7) is 3.75. The molecule has 0 bridgehead atoms. The van der Waals surface area contributed by atoms with Crippen LogP contribution in [0.2, 0.25) is 0 Å². The van der Waals surface area contributed by atoms with Gasteiger partial charge in [0.1, 0.15) is 0 Å². The molecule has 1 aliphatic carbocycles. The Morgan fingerprint density at radius 3 is 2.46 bits per heavy atom. The summed E-state index contributed by atoms with van der Waals surface area (Å²) in [5.41, 5.74) is 2.57. The zero-order chi connectivity index (χ0) is 17.1. The van der Waals surface area contributed by atoms with Gasteiger partial charge in [0, 0.05) is 12.6 Å². The standard InChI is InChI=1S/C19H26N2O3/c1-2-21-12-15-6-4-3-5-14(15)11-17(21)18(22)20-16-9-7-13(8-10-16)19(23)24/h3-6,13,16-17H,2,7-12H2,1H3,(H,20,22)(H,23,24). The van der Waals surface area contributed by atoms with E-state index in [0.717, 1.165) is 32.4 Å². The summed E-state index contributed by atoms with van der Waals surface area (Å²) in [6.07, 6.45) is 3.59. The Morgan fingerprint density at radius 1 is 1.17 bits per heavy atom. The second-order valence-electron chi connectivity index (χ2n) is 6.95. The van der Waals surface area contributed by atoms with Crippen molar-refractivity contribution in [3.63, 3.8) is 0 Å². The first-order valence-corrected chi connectivity index (χ1v) is 8.92. The summed E-state index contributed by atoms with van der Waals surface area (Å²) in [6, 6.07) is 8.32. The van der Waals surface area contributed by atoms with E-state index in [9.17, 15) is 9.59 Å². The van der Waals surface area contributed by atoms with Crippen LogP contribution in [0.25, 0.3) is 0 Å². The number of hydrogen-bond donors (Lipinski definition) is 2. The molecule has 1 unspecified atom stereocenters. The van der Waals surface area contributed by atoms with Crippen LogP contribution in [-0.4, -0.2) is 40.5 Å². The Hall–Kier alpha value is -1.88. The van der Waals surface area contributed by atoms with E-state index in [4.69, 9.17) is 5.11 Å². The molecule has 1 amide bonds. The van der Waals surface area contributed by atoms with Crippen LogP contribution in [0.1, 0.15) is 43.7 Å². The van der Waals surface area contributed by atoms with E-state index in [1.165, 1.54) is 11.1 Å². The Morgan fingerprint density at radius 2 is 1.83 bits per heavy atom. The van der Waals surface area contributed by atoms with E-state index in [0.29, 0.717) is 12.8 Å². The third-order valence-electron chi connectivity index (χ3n) is 5.48. The van der Waals surface area contributed by atoms with Gasteiger partial charge in [0.2, 0.25) is 5.91 Å². The van der Waals surface area contributed by atoms with E-state index >= 15 is 0 Å². The zero-order valence-corrected chi connectivity index (χ0v) is 14.2. The molecule has 1 aromatic carbocycles. The van der Waals surface area contributed by atoms with Crippen LogP contribution >= 0.6 is 0 Å². The van der Waals surface area contributed by atoms with Crippen LogP contribution in [0.3, 0.4) is 0 Å². The van der Waals surface area contributed by atoms with Crippen LogP contribution in [0.5, 0.6) is 0 Å². The van der Waals surface area contributed by atoms with E-state index in [2.05, 4.69) is 29.3 Å². The van der Waals surface area contributed by atoms with Crippen molar-refractivity contribution in [3.05, 3.63) is 35.4 Å². The number of benzene rings is 1. The largest absolute Gasteiger partial charge is 0.481 e. The lowest BCUT2D eigenvalue weighted by molar-refractivity contribution is -0.142. The van der Waals surface area contributed by atoms with Gasteiger partial charge < -0.3 is 10.4 Å². The van der Waals surface area contributed by atoms with Crippen molar-refractivity contribution in [2.75, 3.05) is 6.54 Å². The predicted molar refractivity (Wildman–Crippen MR) is 91.5 cm³/mol. The van der Waals surface area contributed by atoms with Crippen LogP contribution in [0.15, 0.2) is 24.3 Å². The van der Waals surface area contributed by atoms with Gasteiger partial charge >= 0.3 is 5.97 Å². The number of carboxylic acids is 1. The zero-order valence-electron chi connectivity index (χ0n) is 14.2. The highest BCUT2D eigenvalue weighted by Crippen LogP contribution is 2.26. The van der Waals surface area contributed by atoms with Gasteiger partial charge in [0.25, 0.3) is 0 Å². The van der Waals surface area contributed by atoms with Gasteiger partial charge in [-0.3, -0.25) is 14.5 Å². The second kappa shape index (κ2) is 7.34. The third kappa shape index (κ3) is 3.61. The molecule has 5 nitrogen and oxygen atoms in total. The molecule has 5 heteroatoms. The molecule has 1 atom stereocenters. The number of carboxylic acid groups (broad SMARTS) is 1. The van der Waals surface area contributed by atoms with Crippen molar-refractivity contribution >= 4 is 11.9 Å². The average Bonchev–Trinajstić information content (AvgIpc) is 2.61. The lowest BCUT2D eigenvalue weighted by Gasteiger charge is -2.36. The first-order chi connectivity index (χ1) is 11.6. The SMILES string of the molecule is CCN1Cc2ccccc2CC1C(=O)NC1CCC(C(=O)O)CC1. The van der Waals surface area contributed by atoms with Crippen LogP contribution < -0.4 is 5.32 Å². The maximum atomic E-state index is 12.8. The first-order valence-electron chi connectivity index (χ1n) is 8.92. The maximum absolute atomic E-state index is 12.8. The van der Waals surface area contributed by atoms with E-state index < -0.39 is 5.97 Å². The molecule has 0 spiro atoms. The summed E-state index contributed by atoms with van der Waals surface area (Å²) >= 11 is 0. The number of carbonyl (C=O) groups excluding carboxylic acids is 1. The number of nitrogens with zero attached hydrogens (tertiary/aromatic N) is 1. The number of carbonyl (C=O) groups is 2. The number of hydrogen-bond acceptors (Lipinski definition) is 3. The highest BCUT2D eigenvalue weighted by molar-refractivity contribution is 5.82. The minimum Gasteiger partial charge on any atom is -0.481 e. The fourth-order valence-corrected chi connectivity index (χ4v) is 3.95. The summed E-state index contributed by atoms with van der Waals surface area (Å²) in [4.78, 5) is 26.0. The van der Waals surface area contributed by atoms with Crippen LogP contribution in [0, 0.1) is 5.92 Å². The van der Waals surface area contributed by atoms with Gasteiger partial charge in [-0.1, -0.05) is 31.2 Å². The van der Waals surface area contributed by atoms with Crippen molar-refractivity contribution in [1.82, 2.24) is 10.2 Å². The highest BCUT2D eigenvalue weighted by atomic mass is 16.4. The van der Waals surface area contributed by atoms with Gasteiger partial charge in [0.15, 0.2) is 0 Å². The molecule has 2 aliphatic rings. The Labute approximate surface area is 143 Å². The number of likely N-dealkylation sites (N-methyl/N-ethyl adjacent to an activating group) is 1. The summed E-state index contributed by atoms with van der Waals surface area (Å²) in [5, 5.41) is 12.2. The molecule has 1 aromatic rings. The molecule has 2 N–H and O–H groups in total. The Bertz CT molecular complexity index is 608.